The van der Waals surface area contributed by atoms with Gasteiger partial charge in [-0.3, -0.25) is 0 Å². The number of nitrogens with zero attached hydrogens (tertiary/aromatic N) is 2. The lowest BCUT2D eigenvalue weighted by Gasteiger charge is -2.41. The van der Waals surface area contributed by atoms with Crippen LogP contribution in [0.3, 0.4) is 0 Å². The first-order valence-electron chi connectivity index (χ1n) is 6.82. The fraction of sp³-hybridized carbons (Fsp3) is 1.00. The number of hydrogen-bond donors (Lipinski definition) is 0. The van der Waals surface area contributed by atoms with Crippen LogP contribution in [0.25, 0.3) is 0 Å². The van der Waals surface area contributed by atoms with Gasteiger partial charge in [-0.2, -0.15) is 17.0 Å². The van der Waals surface area contributed by atoms with E-state index in [-0.39, 0.29) is 12.1 Å². The van der Waals surface area contributed by atoms with Crippen molar-refractivity contribution in [1.82, 2.24) is 8.61 Å². The molecule has 100 valence electrons. The van der Waals surface area contributed by atoms with Crippen LogP contribution in [-0.4, -0.2) is 42.2 Å². The van der Waals surface area contributed by atoms with Gasteiger partial charge in [-0.1, -0.05) is 12.8 Å². The van der Waals surface area contributed by atoms with Gasteiger partial charge in [0.2, 0.25) is 0 Å². The van der Waals surface area contributed by atoms with Gasteiger partial charge in [0.1, 0.15) is 0 Å². The van der Waals surface area contributed by atoms with Crippen molar-refractivity contribution >= 4 is 10.2 Å². The molecule has 0 aromatic carbocycles. The Hall–Kier alpha value is -0.130. The van der Waals surface area contributed by atoms with Crippen LogP contribution >= 0.6 is 0 Å². The lowest BCUT2D eigenvalue weighted by atomic mass is 10.0. The Morgan fingerprint density at radius 2 is 1.41 bits per heavy atom. The summed E-state index contributed by atoms with van der Waals surface area (Å²) in [6, 6.07) is 0.316. The SMILES string of the molecule is CC1CCCC(C)N1S(=O)(=O)N1CCCCC1. The summed E-state index contributed by atoms with van der Waals surface area (Å²) in [6.07, 6.45) is 6.33. The van der Waals surface area contributed by atoms with Crippen molar-refractivity contribution in [2.24, 2.45) is 0 Å². The topological polar surface area (TPSA) is 40.6 Å². The maximum atomic E-state index is 12.6. The average Bonchev–Trinajstić information content (AvgIpc) is 2.29. The van der Waals surface area contributed by atoms with Crippen LogP contribution in [0.15, 0.2) is 0 Å². The summed E-state index contributed by atoms with van der Waals surface area (Å²) in [5.41, 5.74) is 0. The fourth-order valence-corrected chi connectivity index (χ4v) is 5.19. The molecule has 0 bridgehead atoms. The van der Waals surface area contributed by atoms with Crippen molar-refractivity contribution in [3.8, 4) is 0 Å². The van der Waals surface area contributed by atoms with Gasteiger partial charge in [-0.25, -0.2) is 0 Å². The first kappa shape index (κ1) is 13.3. The zero-order valence-electron chi connectivity index (χ0n) is 10.9. The van der Waals surface area contributed by atoms with Gasteiger partial charge in [-0.05, 0) is 39.5 Å². The molecule has 0 N–H and O–H groups in total. The van der Waals surface area contributed by atoms with E-state index in [4.69, 9.17) is 0 Å². The summed E-state index contributed by atoms with van der Waals surface area (Å²) < 4.78 is 28.7. The lowest BCUT2D eigenvalue weighted by Crippen LogP contribution is -2.54. The van der Waals surface area contributed by atoms with Crippen LogP contribution in [0.1, 0.15) is 52.4 Å². The van der Waals surface area contributed by atoms with Crippen LogP contribution in [0.5, 0.6) is 0 Å². The highest BCUT2D eigenvalue weighted by Crippen LogP contribution is 2.28. The molecule has 2 aliphatic rings. The summed E-state index contributed by atoms with van der Waals surface area (Å²) in [7, 11) is -3.22. The summed E-state index contributed by atoms with van der Waals surface area (Å²) in [6.45, 7) is 5.49. The Balaban J connectivity index is 2.17. The molecule has 0 aliphatic carbocycles. The van der Waals surface area contributed by atoms with Gasteiger partial charge >= 0.3 is 0 Å². The molecule has 0 aromatic heterocycles. The average molecular weight is 260 g/mol. The molecule has 4 nitrogen and oxygen atoms in total. The first-order valence-corrected chi connectivity index (χ1v) is 8.22. The van der Waals surface area contributed by atoms with Gasteiger partial charge < -0.3 is 0 Å². The molecule has 2 rings (SSSR count). The summed E-state index contributed by atoms with van der Waals surface area (Å²) in [5.74, 6) is 0. The van der Waals surface area contributed by atoms with Crippen molar-refractivity contribution in [2.75, 3.05) is 13.1 Å². The molecule has 2 saturated heterocycles. The van der Waals surface area contributed by atoms with Gasteiger partial charge in [0, 0.05) is 25.2 Å². The molecule has 2 aliphatic heterocycles. The zero-order valence-corrected chi connectivity index (χ0v) is 11.7. The van der Waals surface area contributed by atoms with E-state index in [0.29, 0.717) is 13.1 Å². The minimum absolute atomic E-state index is 0.158. The molecule has 2 fully saturated rings. The van der Waals surface area contributed by atoms with E-state index < -0.39 is 10.2 Å². The molecular weight excluding hydrogens is 236 g/mol. The Morgan fingerprint density at radius 1 is 0.882 bits per heavy atom. The van der Waals surface area contributed by atoms with Crippen LogP contribution < -0.4 is 0 Å². The Bertz CT molecular complexity index is 340. The molecule has 2 unspecified atom stereocenters. The van der Waals surface area contributed by atoms with E-state index in [1.165, 1.54) is 0 Å². The van der Waals surface area contributed by atoms with Crippen molar-refractivity contribution in [3.05, 3.63) is 0 Å². The summed E-state index contributed by atoms with van der Waals surface area (Å²) >= 11 is 0. The molecule has 0 spiro atoms. The van der Waals surface area contributed by atoms with E-state index >= 15 is 0 Å². The quantitative estimate of drug-likeness (QED) is 0.761. The van der Waals surface area contributed by atoms with Crippen molar-refractivity contribution in [1.29, 1.82) is 0 Å². The number of rotatable bonds is 2. The van der Waals surface area contributed by atoms with Crippen LogP contribution in [0.2, 0.25) is 0 Å². The second-order valence-corrected chi connectivity index (χ2v) is 7.26. The predicted octanol–water partition coefficient (Wildman–Crippen LogP) is 1.98. The van der Waals surface area contributed by atoms with Gasteiger partial charge in [-0.15, -0.1) is 0 Å². The van der Waals surface area contributed by atoms with E-state index in [1.54, 1.807) is 8.61 Å². The van der Waals surface area contributed by atoms with E-state index in [9.17, 15) is 8.42 Å². The molecular formula is C12H24N2O2S. The van der Waals surface area contributed by atoms with Crippen molar-refractivity contribution in [2.45, 2.75) is 64.5 Å². The highest BCUT2D eigenvalue weighted by molar-refractivity contribution is 7.86. The third-order valence-corrected chi connectivity index (χ3v) is 6.29. The number of piperidine rings is 2. The van der Waals surface area contributed by atoms with E-state index in [1.807, 2.05) is 13.8 Å². The maximum absolute atomic E-state index is 12.6. The van der Waals surface area contributed by atoms with Gasteiger partial charge in [0.15, 0.2) is 0 Å². The molecule has 2 heterocycles. The van der Waals surface area contributed by atoms with Crippen LogP contribution in [0, 0.1) is 0 Å². The van der Waals surface area contributed by atoms with Crippen molar-refractivity contribution < 1.29 is 8.42 Å². The van der Waals surface area contributed by atoms with E-state index in [0.717, 1.165) is 38.5 Å². The molecule has 0 aromatic rings. The standard InChI is InChI=1S/C12H24N2O2S/c1-11-7-6-8-12(2)14(11)17(15,16)13-9-4-3-5-10-13/h11-12H,3-10H2,1-2H3. The van der Waals surface area contributed by atoms with Gasteiger partial charge in [0.05, 0.1) is 0 Å². The zero-order chi connectivity index (χ0) is 12.5. The second-order valence-electron chi connectivity index (χ2n) is 5.43. The molecule has 0 amide bonds. The normalized spacial score (nSPS) is 33.8. The first-order chi connectivity index (χ1) is 8.03. The second kappa shape index (κ2) is 5.24. The Labute approximate surface area is 105 Å². The summed E-state index contributed by atoms with van der Waals surface area (Å²) in [5, 5.41) is 0. The third-order valence-electron chi connectivity index (χ3n) is 4.02. The van der Waals surface area contributed by atoms with Crippen LogP contribution in [0.4, 0.5) is 0 Å². The molecule has 0 radical (unpaired) electrons. The minimum Gasteiger partial charge on any atom is -0.195 e. The highest BCUT2D eigenvalue weighted by atomic mass is 32.2. The fourth-order valence-electron chi connectivity index (χ4n) is 3.08. The number of hydrogen-bond acceptors (Lipinski definition) is 2. The predicted molar refractivity (Wildman–Crippen MR) is 69.0 cm³/mol. The third kappa shape index (κ3) is 2.66. The smallest absolute Gasteiger partial charge is 0.195 e. The molecule has 0 saturated carbocycles. The summed E-state index contributed by atoms with van der Waals surface area (Å²) in [4.78, 5) is 0. The highest BCUT2D eigenvalue weighted by Gasteiger charge is 2.38. The molecule has 2 atom stereocenters. The molecule has 5 heteroatoms. The molecule has 17 heavy (non-hydrogen) atoms. The Morgan fingerprint density at radius 3 is 1.94 bits per heavy atom. The van der Waals surface area contributed by atoms with Gasteiger partial charge in [0.25, 0.3) is 10.2 Å². The van der Waals surface area contributed by atoms with Crippen LogP contribution in [-0.2, 0) is 10.2 Å². The largest absolute Gasteiger partial charge is 0.282 e. The van der Waals surface area contributed by atoms with Crippen molar-refractivity contribution in [3.63, 3.8) is 0 Å². The lowest BCUT2D eigenvalue weighted by molar-refractivity contribution is 0.184. The van der Waals surface area contributed by atoms with E-state index in [2.05, 4.69) is 0 Å². The monoisotopic (exact) mass is 260 g/mol. The Kier molecular flexibility index (Phi) is 4.10. The minimum atomic E-state index is -3.22. The maximum Gasteiger partial charge on any atom is 0.282 e.